The van der Waals surface area contributed by atoms with Gasteiger partial charge in [-0.1, -0.05) is 0 Å². The highest BCUT2D eigenvalue weighted by Crippen LogP contribution is 2.16. The van der Waals surface area contributed by atoms with Crippen LogP contribution in [0.1, 0.15) is 28.8 Å². The number of piperidine rings is 1. The average Bonchev–Trinajstić information content (AvgIpc) is 2.38. The van der Waals surface area contributed by atoms with E-state index in [2.05, 4.69) is 10.6 Å². The minimum absolute atomic E-state index is 0.0608. The molecule has 3 N–H and O–H groups in total. The molecule has 1 fully saturated rings. The van der Waals surface area contributed by atoms with Crippen LogP contribution in [-0.4, -0.2) is 29.2 Å². The summed E-state index contributed by atoms with van der Waals surface area (Å²) in [7, 11) is 0. The van der Waals surface area contributed by atoms with Gasteiger partial charge in [-0.05, 0) is 30.2 Å². The largest absolute Gasteiger partial charge is 0.508 e. The summed E-state index contributed by atoms with van der Waals surface area (Å²) in [5.74, 6) is -0.566. The number of aromatic hydroxyl groups is 1. The Labute approximate surface area is 109 Å². The van der Waals surface area contributed by atoms with Crippen molar-refractivity contribution in [1.82, 2.24) is 10.6 Å². The molecule has 0 spiro atoms. The molecule has 1 heterocycles. The predicted molar refractivity (Wildman–Crippen MR) is 66.5 cm³/mol. The molecule has 0 radical (unpaired) electrons. The Morgan fingerprint density at radius 2 is 2.21 bits per heavy atom. The standard InChI is InChI=1S/C13H14N2O4/c16-7-8-1-2-10(17)5-9(8)6-14-11-3-4-12(18)15-13(11)19/h1-2,5,7,11,14,17H,3-4,6H2,(H,15,18,19). The van der Waals surface area contributed by atoms with Crippen LogP contribution in [0.3, 0.4) is 0 Å². The van der Waals surface area contributed by atoms with Gasteiger partial charge in [0.15, 0.2) is 0 Å². The Morgan fingerprint density at radius 1 is 1.42 bits per heavy atom. The zero-order valence-corrected chi connectivity index (χ0v) is 10.2. The van der Waals surface area contributed by atoms with Crippen molar-refractivity contribution in [1.29, 1.82) is 0 Å². The molecule has 2 rings (SSSR count). The molecule has 0 aliphatic carbocycles. The van der Waals surface area contributed by atoms with Crippen LogP contribution in [0.2, 0.25) is 0 Å². The number of amides is 2. The summed E-state index contributed by atoms with van der Waals surface area (Å²) in [4.78, 5) is 33.4. The molecule has 1 aromatic rings. The second-order valence-corrected chi connectivity index (χ2v) is 4.39. The minimum atomic E-state index is -0.459. The maximum absolute atomic E-state index is 11.5. The first kappa shape index (κ1) is 13.2. The number of nitrogens with one attached hydrogen (secondary N) is 2. The summed E-state index contributed by atoms with van der Waals surface area (Å²) in [5, 5.41) is 14.6. The Balaban J connectivity index is 2.02. The number of imide groups is 1. The number of phenolic OH excluding ortho intramolecular Hbond substituents is 1. The van der Waals surface area contributed by atoms with Gasteiger partial charge >= 0.3 is 0 Å². The fourth-order valence-corrected chi connectivity index (χ4v) is 1.98. The Morgan fingerprint density at radius 3 is 2.89 bits per heavy atom. The highest BCUT2D eigenvalue weighted by molar-refractivity contribution is 6.00. The van der Waals surface area contributed by atoms with Gasteiger partial charge in [0.05, 0.1) is 6.04 Å². The van der Waals surface area contributed by atoms with Crippen LogP contribution in [0.25, 0.3) is 0 Å². The Hall–Kier alpha value is -2.21. The molecule has 2 amide bonds. The first-order valence-corrected chi connectivity index (χ1v) is 5.94. The molecule has 1 aromatic carbocycles. The van der Waals surface area contributed by atoms with Crippen molar-refractivity contribution in [3.63, 3.8) is 0 Å². The van der Waals surface area contributed by atoms with Crippen molar-refractivity contribution in [2.75, 3.05) is 0 Å². The Kier molecular flexibility index (Phi) is 3.91. The number of phenols is 1. The summed E-state index contributed by atoms with van der Waals surface area (Å²) in [6.07, 6.45) is 1.42. The van der Waals surface area contributed by atoms with E-state index in [4.69, 9.17) is 0 Å². The van der Waals surface area contributed by atoms with Crippen molar-refractivity contribution in [2.24, 2.45) is 0 Å². The number of carbonyl (C=O) groups excluding carboxylic acids is 3. The van der Waals surface area contributed by atoms with Crippen LogP contribution in [0.5, 0.6) is 5.75 Å². The van der Waals surface area contributed by atoms with Crippen LogP contribution in [-0.2, 0) is 16.1 Å². The molecule has 1 atom stereocenters. The molecule has 0 aromatic heterocycles. The fourth-order valence-electron chi connectivity index (χ4n) is 1.98. The number of rotatable bonds is 4. The number of aldehydes is 1. The van der Waals surface area contributed by atoms with E-state index in [-0.39, 0.29) is 24.1 Å². The molecular weight excluding hydrogens is 248 g/mol. The highest BCUT2D eigenvalue weighted by Gasteiger charge is 2.25. The van der Waals surface area contributed by atoms with Gasteiger partial charge < -0.3 is 10.4 Å². The average molecular weight is 262 g/mol. The van der Waals surface area contributed by atoms with Gasteiger partial charge in [-0.3, -0.25) is 19.7 Å². The van der Waals surface area contributed by atoms with Crippen LogP contribution in [0.4, 0.5) is 0 Å². The zero-order chi connectivity index (χ0) is 13.8. The zero-order valence-electron chi connectivity index (χ0n) is 10.2. The molecule has 6 nitrogen and oxygen atoms in total. The van der Waals surface area contributed by atoms with E-state index in [0.717, 1.165) is 0 Å². The quantitative estimate of drug-likeness (QED) is 0.528. The lowest BCUT2D eigenvalue weighted by Gasteiger charge is -2.22. The minimum Gasteiger partial charge on any atom is -0.508 e. The van der Waals surface area contributed by atoms with Crippen molar-refractivity contribution < 1.29 is 19.5 Å². The van der Waals surface area contributed by atoms with Gasteiger partial charge in [0.2, 0.25) is 11.8 Å². The first-order chi connectivity index (χ1) is 9.10. The molecule has 1 unspecified atom stereocenters. The lowest BCUT2D eigenvalue weighted by Crippen LogP contribution is -2.50. The third kappa shape index (κ3) is 3.17. The van der Waals surface area contributed by atoms with Crippen molar-refractivity contribution in [3.8, 4) is 5.75 Å². The summed E-state index contributed by atoms with van der Waals surface area (Å²) < 4.78 is 0. The van der Waals surface area contributed by atoms with Gasteiger partial charge in [0, 0.05) is 18.5 Å². The van der Waals surface area contributed by atoms with E-state index in [0.29, 0.717) is 30.3 Å². The molecule has 1 aliphatic rings. The number of hydrogen-bond donors (Lipinski definition) is 3. The van der Waals surface area contributed by atoms with Gasteiger partial charge in [-0.15, -0.1) is 0 Å². The molecule has 0 bridgehead atoms. The normalized spacial score (nSPS) is 19.1. The van der Waals surface area contributed by atoms with Crippen LogP contribution in [0.15, 0.2) is 18.2 Å². The number of carbonyl (C=O) groups is 3. The Bertz CT molecular complexity index is 527. The van der Waals surface area contributed by atoms with Crippen molar-refractivity contribution >= 4 is 18.1 Å². The topological polar surface area (TPSA) is 95.5 Å². The molecule has 100 valence electrons. The summed E-state index contributed by atoms with van der Waals surface area (Å²) in [5.41, 5.74) is 1.07. The molecule has 1 aliphatic heterocycles. The van der Waals surface area contributed by atoms with Gasteiger partial charge in [0.1, 0.15) is 12.0 Å². The third-order valence-electron chi connectivity index (χ3n) is 3.03. The molecule has 1 saturated heterocycles. The molecule has 19 heavy (non-hydrogen) atoms. The first-order valence-electron chi connectivity index (χ1n) is 5.94. The molecule has 0 saturated carbocycles. The molecule has 6 heteroatoms. The van der Waals surface area contributed by atoms with E-state index in [1.807, 2.05) is 0 Å². The van der Waals surface area contributed by atoms with E-state index < -0.39 is 6.04 Å². The van der Waals surface area contributed by atoms with Gasteiger partial charge in [-0.2, -0.15) is 0 Å². The lowest BCUT2D eigenvalue weighted by molar-refractivity contribution is -0.134. The lowest BCUT2D eigenvalue weighted by atomic mass is 10.0. The maximum atomic E-state index is 11.5. The van der Waals surface area contributed by atoms with Crippen LogP contribution in [0, 0.1) is 0 Å². The highest BCUT2D eigenvalue weighted by atomic mass is 16.3. The van der Waals surface area contributed by atoms with Gasteiger partial charge in [0.25, 0.3) is 0 Å². The fraction of sp³-hybridized carbons (Fsp3) is 0.308. The number of benzene rings is 1. The van der Waals surface area contributed by atoms with E-state index in [9.17, 15) is 19.5 Å². The van der Waals surface area contributed by atoms with E-state index >= 15 is 0 Å². The SMILES string of the molecule is O=Cc1ccc(O)cc1CNC1CCC(=O)NC1=O. The third-order valence-corrected chi connectivity index (χ3v) is 3.03. The van der Waals surface area contributed by atoms with Crippen molar-refractivity contribution in [2.45, 2.75) is 25.4 Å². The summed E-state index contributed by atoms with van der Waals surface area (Å²) in [6, 6.07) is 3.96. The smallest absolute Gasteiger partial charge is 0.243 e. The van der Waals surface area contributed by atoms with Crippen LogP contribution >= 0.6 is 0 Å². The molecular formula is C13H14N2O4. The van der Waals surface area contributed by atoms with E-state index in [1.54, 1.807) is 0 Å². The summed E-state index contributed by atoms with van der Waals surface area (Å²) in [6.45, 7) is 0.273. The predicted octanol–water partition coefficient (Wildman–Crippen LogP) is 0.0995. The van der Waals surface area contributed by atoms with Crippen molar-refractivity contribution in [3.05, 3.63) is 29.3 Å². The van der Waals surface area contributed by atoms with E-state index in [1.165, 1.54) is 18.2 Å². The second-order valence-electron chi connectivity index (χ2n) is 4.39. The monoisotopic (exact) mass is 262 g/mol. The number of hydrogen-bond acceptors (Lipinski definition) is 5. The second kappa shape index (κ2) is 5.62. The van der Waals surface area contributed by atoms with Crippen LogP contribution < -0.4 is 10.6 Å². The summed E-state index contributed by atoms with van der Waals surface area (Å²) >= 11 is 0. The van der Waals surface area contributed by atoms with Gasteiger partial charge in [-0.25, -0.2) is 0 Å². The maximum Gasteiger partial charge on any atom is 0.243 e.